The van der Waals surface area contributed by atoms with Crippen LogP contribution >= 0.6 is 0 Å². The summed E-state index contributed by atoms with van der Waals surface area (Å²) in [4.78, 5) is 17.0. The molecule has 0 bridgehead atoms. The van der Waals surface area contributed by atoms with Gasteiger partial charge in [-0.2, -0.15) is 5.10 Å². The number of aromatic nitrogens is 2. The highest BCUT2D eigenvalue weighted by Crippen LogP contribution is 2.43. The highest BCUT2D eigenvalue weighted by atomic mass is 19.1. The fraction of sp³-hybridized carbons (Fsp3) is 0.292. The number of amides is 1. The lowest BCUT2D eigenvalue weighted by molar-refractivity contribution is -0.0536. The van der Waals surface area contributed by atoms with Crippen LogP contribution in [0.2, 0.25) is 0 Å². The fourth-order valence-electron chi connectivity index (χ4n) is 4.70. The van der Waals surface area contributed by atoms with Crippen molar-refractivity contribution in [3.8, 4) is 0 Å². The number of primary amides is 1. The van der Waals surface area contributed by atoms with E-state index in [9.17, 15) is 14.3 Å². The lowest BCUT2D eigenvalue weighted by Crippen LogP contribution is -2.42. The van der Waals surface area contributed by atoms with Crippen molar-refractivity contribution in [2.45, 2.75) is 43.9 Å². The molecule has 1 unspecified atom stereocenters. The summed E-state index contributed by atoms with van der Waals surface area (Å²) in [7, 11) is 0. The molecule has 2 aromatic rings. The SMILES string of the molecule is C[C@]1(O)C[C@@H](n2nc(C3=CC=C4C=CC(c5ccccc5F)=NC4C3)c(C(N)=O)c2N)C1. The van der Waals surface area contributed by atoms with Gasteiger partial charge in [0.25, 0.3) is 5.91 Å². The van der Waals surface area contributed by atoms with Crippen molar-refractivity contribution in [1.29, 1.82) is 0 Å². The molecular weight excluding hydrogens is 409 g/mol. The number of anilines is 1. The molecule has 1 amide bonds. The number of allylic oxidation sites excluding steroid dienone is 3. The first-order valence-electron chi connectivity index (χ1n) is 10.6. The molecular formula is C24H24FN5O2. The number of carbonyl (C=O) groups is 1. The maximum atomic E-state index is 14.3. The van der Waals surface area contributed by atoms with Crippen LogP contribution in [0.4, 0.5) is 10.2 Å². The van der Waals surface area contributed by atoms with Crippen LogP contribution in [-0.4, -0.2) is 38.1 Å². The molecule has 2 heterocycles. The Hall–Kier alpha value is -3.52. The van der Waals surface area contributed by atoms with E-state index in [1.165, 1.54) is 6.07 Å². The zero-order valence-electron chi connectivity index (χ0n) is 17.6. The van der Waals surface area contributed by atoms with E-state index in [-0.39, 0.29) is 29.3 Å². The minimum absolute atomic E-state index is 0.0876. The molecule has 1 aliphatic heterocycles. The standard InChI is InChI=1S/C24H24FN5O2/c1-24(32)11-15(12-24)30-22(26)20(23(27)31)21(29-30)14-7-6-13-8-9-18(28-19(13)10-14)16-4-2-3-5-17(16)25/h2-9,15,19,32H,10-12,26H2,1H3,(H2,27,31)/t15-,19?,24+. The van der Waals surface area contributed by atoms with Crippen molar-refractivity contribution in [1.82, 2.24) is 9.78 Å². The van der Waals surface area contributed by atoms with Gasteiger partial charge < -0.3 is 16.6 Å². The molecule has 7 nitrogen and oxygen atoms in total. The lowest BCUT2D eigenvalue weighted by atomic mass is 9.77. The van der Waals surface area contributed by atoms with E-state index < -0.39 is 11.5 Å². The summed E-state index contributed by atoms with van der Waals surface area (Å²) in [5.74, 6) is -0.763. The first-order valence-corrected chi connectivity index (χ1v) is 10.6. The third-order valence-electron chi connectivity index (χ3n) is 6.35. The zero-order valence-corrected chi connectivity index (χ0v) is 17.6. The smallest absolute Gasteiger partial charge is 0.254 e. The zero-order chi connectivity index (χ0) is 22.6. The average Bonchev–Trinajstić information content (AvgIpc) is 3.08. The van der Waals surface area contributed by atoms with Gasteiger partial charge >= 0.3 is 0 Å². The van der Waals surface area contributed by atoms with Crippen LogP contribution in [0.3, 0.4) is 0 Å². The third-order valence-corrected chi connectivity index (χ3v) is 6.35. The van der Waals surface area contributed by atoms with Crippen molar-refractivity contribution in [2.75, 3.05) is 5.73 Å². The quantitative estimate of drug-likeness (QED) is 0.687. The molecule has 32 heavy (non-hydrogen) atoms. The van der Waals surface area contributed by atoms with Crippen molar-refractivity contribution in [3.05, 3.63) is 76.8 Å². The molecule has 1 atom stereocenters. The van der Waals surface area contributed by atoms with Gasteiger partial charge in [-0.25, -0.2) is 9.07 Å². The van der Waals surface area contributed by atoms with Crippen LogP contribution in [0.15, 0.2) is 59.1 Å². The molecule has 2 aliphatic carbocycles. The van der Waals surface area contributed by atoms with Crippen LogP contribution in [0.5, 0.6) is 0 Å². The van der Waals surface area contributed by atoms with Crippen LogP contribution in [-0.2, 0) is 0 Å². The Morgan fingerprint density at radius 3 is 2.69 bits per heavy atom. The Bertz CT molecular complexity index is 1240. The van der Waals surface area contributed by atoms with Crippen molar-refractivity contribution >= 4 is 23.0 Å². The summed E-state index contributed by atoms with van der Waals surface area (Å²) in [5.41, 5.74) is 14.6. The molecule has 0 saturated heterocycles. The molecule has 5 rings (SSSR count). The van der Waals surface area contributed by atoms with E-state index in [0.717, 1.165) is 11.1 Å². The number of nitrogen functional groups attached to an aromatic ring is 1. The minimum atomic E-state index is -0.760. The number of benzene rings is 1. The number of carbonyl (C=O) groups excluding carboxylic acids is 1. The second kappa shape index (κ2) is 7.27. The molecule has 1 fully saturated rings. The Labute approximate surface area is 184 Å². The first-order chi connectivity index (χ1) is 15.2. The molecule has 0 radical (unpaired) electrons. The van der Waals surface area contributed by atoms with Crippen molar-refractivity contribution in [2.24, 2.45) is 10.7 Å². The van der Waals surface area contributed by atoms with E-state index in [1.54, 1.807) is 29.8 Å². The van der Waals surface area contributed by atoms with E-state index in [1.807, 2.05) is 24.3 Å². The largest absolute Gasteiger partial charge is 0.390 e. The number of hydrogen-bond donors (Lipinski definition) is 3. The van der Waals surface area contributed by atoms with Crippen LogP contribution in [0.25, 0.3) is 5.57 Å². The molecule has 1 aromatic heterocycles. The van der Waals surface area contributed by atoms with E-state index in [4.69, 9.17) is 16.5 Å². The summed E-state index contributed by atoms with van der Waals surface area (Å²) in [6, 6.07) is 6.22. The average molecular weight is 433 g/mol. The number of fused-ring (bicyclic) bond motifs is 1. The maximum absolute atomic E-state index is 14.3. The van der Waals surface area contributed by atoms with Gasteiger partial charge in [0.2, 0.25) is 0 Å². The molecule has 3 aliphatic rings. The summed E-state index contributed by atoms with van der Waals surface area (Å²) in [6.45, 7) is 1.76. The van der Waals surface area contributed by atoms with E-state index in [2.05, 4.69) is 5.10 Å². The number of nitrogens with two attached hydrogens (primary N) is 2. The normalized spacial score (nSPS) is 26.5. The number of hydrogen-bond acceptors (Lipinski definition) is 5. The summed E-state index contributed by atoms with van der Waals surface area (Å²) < 4.78 is 15.9. The highest BCUT2D eigenvalue weighted by molar-refractivity contribution is 6.10. The fourth-order valence-corrected chi connectivity index (χ4v) is 4.70. The van der Waals surface area contributed by atoms with E-state index in [0.29, 0.717) is 36.2 Å². The number of halogens is 1. The van der Waals surface area contributed by atoms with Gasteiger partial charge in [-0.05, 0) is 49.1 Å². The monoisotopic (exact) mass is 433 g/mol. The summed E-state index contributed by atoms with van der Waals surface area (Å²) >= 11 is 0. The number of aliphatic hydroxyl groups is 1. The predicted octanol–water partition coefficient (Wildman–Crippen LogP) is 2.93. The second-order valence-electron chi connectivity index (χ2n) is 8.88. The number of aliphatic imine (C=N–C) groups is 1. The minimum Gasteiger partial charge on any atom is -0.390 e. The topological polar surface area (TPSA) is 120 Å². The van der Waals surface area contributed by atoms with Crippen LogP contribution in [0.1, 0.15) is 53.8 Å². The van der Waals surface area contributed by atoms with Gasteiger partial charge in [-0.15, -0.1) is 0 Å². The Balaban J connectivity index is 1.49. The summed E-state index contributed by atoms with van der Waals surface area (Å²) in [6.07, 6.45) is 9.06. The third kappa shape index (κ3) is 3.36. The number of rotatable bonds is 4. The van der Waals surface area contributed by atoms with Gasteiger partial charge in [0.05, 0.1) is 23.4 Å². The van der Waals surface area contributed by atoms with E-state index >= 15 is 0 Å². The highest BCUT2D eigenvalue weighted by Gasteiger charge is 2.42. The second-order valence-corrected chi connectivity index (χ2v) is 8.88. The van der Waals surface area contributed by atoms with Gasteiger partial charge in [0.15, 0.2) is 0 Å². The molecule has 1 saturated carbocycles. The van der Waals surface area contributed by atoms with Gasteiger partial charge in [-0.3, -0.25) is 9.79 Å². The van der Waals surface area contributed by atoms with Gasteiger partial charge in [-0.1, -0.05) is 30.4 Å². The molecule has 164 valence electrons. The molecule has 8 heteroatoms. The first kappa shape index (κ1) is 20.4. The number of nitrogens with zero attached hydrogens (tertiary/aromatic N) is 3. The van der Waals surface area contributed by atoms with Crippen LogP contribution < -0.4 is 11.5 Å². The molecule has 5 N–H and O–H groups in total. The van der Waals surface area contributed by atoms with Crippen molar-refractivity contribution in [3.63, 3.8) is 0 Å². The van der Waals surface area contributed by atoms with Crippen molar-refractivity contribution < 1.29 is 14.3 Å². The van der Waals surface area contributed by atoms with Gasteiger partial charge in [0, 0.05) is 12.0 Å². The Morgan fingerprint density at radius 2 is 2.00 bits per heavy atom. The number of dihydropyridines is 1. The van der Waals surface area contributed by atoms with Crippen LogP contribution in [0, 0.1) is 5.82 Å². The maximum Gasteiger partial charge on any atom is 0.254 e. The Morgan fingerprint density at radius 1 is 1.25 bits per heavy atom. The summed E-state index contributed by atoms with van der Waals surface area (Å²) in [5, 5.41) is 14.7. The Kier molecular flexibility index (Phi) is 4.63. The molecule has 0 spiro atoms. The van der Waals surface area contributed by atoms with Gasteiger partial charge in [0.1, 0.15) is 22.9 Å². The predicted molar refractivity (Wildman–Crippen MR) is 121 cm³/mol. The molecule has 1 aromatic carbocycles. The lowest BCUT2D eigenvalue weighted by Gasteiger charge is -2.41.